The third kappa shape index (κ3) is 27.2. The molecule has 0 rings (SSSR count). The van der Waals surface area contributed by atoms with Crippen LogP contribution in [0, 0.1) is 0 Å². The van der Waals surface area contributed by atoms with Gasteiger partial charge in [-0.15, -0.1) is 0 Å². The van der Waals surface area contributed by atoms with Crippen LogP contribution < -0.4 is 5.32 Å². The Kier molecular flexibility index (Phi) is 24.9. The van der Waals surface area contributed by atoms with Crippen LogP contribution in [-0.4, -0.2) is 36.0 Å². The van der Waals surface area contributed by atoms with Crippen molar-refractivity contribution in [2.45, 2.75) is 135 Å². The van der Waals surface area contributed by atoms with E-state index in [1.807, 2.05) is 12.2 Å². The van der Waals surface area contributed by atoms with E-state index in [4.69, 9.17) is 4.74 Å². The van der Waals surface area contributed by atoms with Gasteiger partial charge < -0.3 is 10.1 Å². The topological polar surface area (TPSA) is 55.4 Å². The number of carbonyl (C=O) groups excluding carboxylic acids is 2. The number of ether oxygens (including phenoxy) is 1. The molecule has 5 heteroatoms. The number of rotatable bonds is 24. The second-order valence-corrected chi connectivity index (χ2v) is 10.7. The lowest BCUT2D eigenvalue weighted by atomic mass is 10.0. The summed E-state index contributed by atoms with van der Waals surface area (Å²) in [5.74, 6) is 0.739. The zero-order chi connectivity index (χ0) is 24.4. The van der Waals surface area contributed by atoms with E-state index in [0.717, 1.165) is 18.6 Å². The van der Waals surface area contributed by atoms with Crippen molar-refractivity contribution in [2.24, 2.45) is 0 Å². The van der Waals surface area contributed by atoms with Crippen LogP contribution in [-0.2, 0) is 14.3 Å². The summed E-state index contributed by atoms with van der Waals surface area (Å²) in [6.45, 7) is 7.13. The molecule has 0 bridgehead atoms. The maximum Gasteiger partial charge on any atom is 0.309 e. The summed E-state index contributed by atoms with van der Waals surface area (Å²) in [6.07, 6.45) is 25.8. The van der Waals surface area contributed by atoms with Gasteiger partial charge in [-0.05, 0) is 13.3 Å². The summed E-state index contributed by atoms with van der Waals surface area (Å²) in [5, 5.41) is 3.11. The van der Waals surface area contributed by atoms with E-state index in [0.29, 0.717) is 24.8 Å². The summed E-state index contributed by atoms with van der Waals surface area (Å²) in [4.78, 5) is 22.6. The van der Waals surface area contributed by atoms with Crippen molar-refractivity contribution in [1.29, 1.82) is 0 Å². The van der Waals surface area contributed by atoms with Crippen molar-refractivity contribution in [3.63, 3.8) is 0 Å². The lowest BCUT2D eigenvalue weighted by molar-refractivity contribution is -0.142. The monoisotopic (exact) mass is 483 g/mol. The van der Waals surface area contributed by atoms with Crippen molar-refractivity contribution in [3.05, 3.63) is 12.2 Å². The second-order valence-electron chi connectivity index (χ2n) is 9.21. The molecule has 0 aliphatic rings. The van der Waals surface area contributed by atoms with Crippen molar-refractivity contribution in [1.82, 2.24) is 5.32 Å². The average molecular weight is 484 g/mol. The Hall–Kier alpha value is -0.970. The molecule has 0 saturated heterocycles. The van der Waals surface area contributed by atoms with Crippen LogP contribution in [0.5, 0.6) is 0 Å². The molecule has 1 unspecified atom stereocenters. The highest BCUT2D eigenvalue weighted by atomic mass is 32.2. The minimum Gasteiger partial charge on any atom is -0.465 e. The predicted octanol–water partition coefficient (Wildman–Crippen LogP) is 8.00. The molecule has 0 aromatic rings. The molecule has 1 amide bonds. The van der Waals surface area contributed by atoms with Gasteiger partial charge in [0, 0.05) is 24.5 Å². The molecule has 0 aliphatic heterocycles. The molecular weight excluding hydrogens is 430 g/mol. The van der Waals surface area contributed by atoms with E-state index in [2.05, 4.69) is 19.2 Å². The van der Waals surface area contributed by atoms with Crippen LogP contribution >= 0.6 is 11.8 Å². The Labute approximate surface area is 209 Å². The van der Waals surface area contributed by atoms with E-state index in [1.54, 1.807) is 11.8 Å². The van der Waals surface area contributed by atoms with E-state index >= 15 is 0 Å². The van der Waals surface area contributed by atoms with Gasteiger partial charge in [0.15, 0.2) is 0 Å². The van der Waals surface area contributed by atoms with Crippen molar-refractivity contribution >= 4 is 23.6 Å². The van der Waals surface area contributed by atoms with Gasteiger partial charge in [-0.3, -0.25) is 9.59 Å². The van der Waals surface area contributed by atoms with E-state index < -0.39 is 0 Å². The van der Waals surface area contributed by atoms with Crippen molar-refractivity contribution in [3.8, 4) is 0 Å². The molecule has 0 aromatic carbocycles. The molecule has 0 saturated carbocycles. The third-order valence-corrected chi connectivity index (χ3v) is 6.93. The first-order valence-electron chi connectivity index (χ1n) is 13.7. The number of hydrogen-bond acceptors (Lipinski definition) is 4. The quantitative estimate of drug-likeness (QED) is 0.0858. The number of unbranched alkanes of at least 4 members (excludes halogenated alkanes) is 15. The summed E-state index contributed by atoms with van der Waals surface area (Å²) < 4.78 is 5.32. The molecule has 1 N–H and O–H groups in total. The molecule has 0 aromatic heterocycles. The number of nitrogens with one attached hydrogen (secondary N) is 1. The van der Waals surface area contributed by atoms with E-state index in [-0.39, 0.29) is 11.9 Å². The molecule has 0 aliphatic carbocycles. The Morgan fingerprint density at radius 3 is 1.79 bits per heavy atom. The van der Waals surface area contributed by atoms with E-state index in [1.165, 1.54) is 96.8 Å². The Balaban J connectivity index is 3.31. The van der Waals surface area contributed by atoms with Gasteiger partial charge in [-0.1, -0.05) is 115 Å². The van der Waals surface area contributed by atoms with Crippen LogP contribution in [0.1, 0.15) is 130 Å². The molecule has 33 heavy (non-hydrogen) atoms. The Bertz CT molecular complexity index is 482. The normalized spacial score (nSPS) is 12.2. The highest BCUT2D eigenvalue weighted by molar-refractivity contribution is 8.00. The van der Waals surface area contributed by atoms with Gasteiger partial charge in [0.05, 0.1) is 13.0 Å². The fraction of sp³-hybridized carbons (Fsp3) is 0.857. The molecule has 4 nitrogen and oxygen atoms in total. The first-order valence-corrected chi connectivity index (χ1v) is 14.8. The molecular formula is C28H53NO3S. The van der Waals surface area contributed by atoms with E-state index in [9.17, 15) is 9.59 Å². The summed E-state index contributed by atoms with van der Waals surface area (Å²) in [6, 6.07) is 0. The maximum absolute atomic E-state index is 11.8. The zero-order valence-corrected chi connectivity index (χ0v) is 22.8. The first kappa shape index (κ1) is 32.0. The second kappa shape index (κ2) is 25.6. The zero-order valence-electron chi connectivity index (χ0n) is 22.0. The van der Waals surface area contributed by atoms with Crippen molar-refractivity contribution in [2.75, 3.05) is 18.9 Å². The summed E-state index contributed by atoms with van der Waals surface area (Å²) >= 11 is 1.76. The fourth-order valence-electron chi connectivity index (χ4n) is 3.78. The van der Waals surface area contributed by atoms with Crippen LogP contribution in [0.2, 0.25) is 0 Å². The Morgan fingerprint density at radius 1 is 0.818 bits per heavy atom. The maximum atomic E-state index is 11.8. The largest absolute Gasteiger partial charge is 0.465 e. The van der Waals surface area contributed by atoms with Crippen LogP contribution in [0.15, 0.2) is 12.2 Å². The van der Waals surface area contributed by atoms with Crippen molar-refractivity contribution < 1.29 is 14.3 Å². The number of amides is 1. The fourth-order valence-corrected chi connectivity index (χ4v) is 4.59. The summed E-state index contributed by atoms with van der Waals surface area (Å²) in [7, 11) is 0. The lowest BCUT2D eigenvalue weighted by Crippen LogP contribution is -2.22. The van der Waals surface area contributed by atoms with Gasteiger partial charge in [0.1, 0.15) is 0 Å². The molecule has 1 atom stereocenters. The highest BCUT2D eigenvalue weighted by Crippen LogP contribution is 2.14. The van der Waals surface area contributed by atoms with Gasteiger partial charge >= 0.3 is 5.97 Å². The molecule has 0 spiro atoms. The molecule has 0 radical (unpaired) electrons. The number of hydrogen-bond donors (Lipinski definition) is 1. The first-order chi connectivity index (χ1) is 16.1. The number of carbonyl (C=O) groups is 2. The van der Waals surface area contributed by atoms with Crippen LogP contribution in [0.3, 0.4) is 0 Å². The van der Waals surface area contributed by atoms with Crippen LogP contribution in [0.4, 0.5) is 0 Å². The Morgan fingerprint density at radius 2 is 1.30 bits per heavy atom. The highest BCUT2D eigenvalue weighted by Gasteiger charge is 2.02. The standard InChI is InChI=1S/C28H53NO3S/c1-4-5-6-7-8-9-10-11-12-13-14-15-16-17-18-19-24-32-28(31)22-20-21-26(2)33-25-23-29-27(3)30/h20-21,26H,4-19,22-25H2,1-3H3,(H,29,30)/b21-20+. The van der Waals surface area contributed by atoms with Crippen LogP contribution in [0.25, 0.3) is 0 Å². The average Bonchev–Trinajstić information content (AvgIpc) is 2.78. The number of thioether (sulfide) groups is 1. The smallest absolute Gasteiger partial charge is 0.309 e. The lowest BCUT2D eigenvalue weighted by Gasteiger charge is -2.07. The minimum absolute atomic E-state index is 0.00545. The summed E-state index contributed by atoms with van der Waals surface area (Å²) in [5.41, 5.74) is 0. The van der Waals surface area contributed by atoms with Gasteiger partial charge in [0.2, 0.25) is 5.91 Å². The third-order valence-electron chi connectivity index (χ3n) is 5.81. The van der Waals surface area contributed by atoms with Gasteiger partial charge in [0.25, 0.3) is 0 Å². The SMILES string of the molecule is CCCCCCCCCCCCCCCCCCOC(=O)C/C=C/C(C)SCCNC(C)=O. The molecule has 0 heterocycles. The number of esters is 1. The van der Waals surface area contributed by atoms with Gasteiger partial charge in [-0.25, -0.2) is 0 Å². The minimum atomic E-state index is -0.136. The van der Waals surface area contributed by atoms with Gasteiger partial charge in [-0.2, -0.15) is 11.8 Å². The predicted molar refractivity (Wildman–Crippen MR) is 145 cm³/mol. The molecule has 194 valence electrons. The molecule has 0 fully saturated rings.